The fourth-order valence-corrected chi connectivity index (χ4v) is 2.86. The second-order valence-electron chi connectivity index (χ2n) is 5.67. The second-order valence-corrected chi connectivity index (χ2v) is 6.48. The number of hydrogen-bond acceptors (Lipinski definition) is 3. The van der Waals surface area contributed by atoms with Crippen molar-refractivity contribution in [1.82, 2.24) is 10.2 Å². The van der Waals surface area contributed by atoms with E-state index in [0.29, 0.717) is 42.4 Å². The van der Waals surface area contributed by atoms with Gasteiger partial charge in [-0.2, -0.15) is 5.26 Å². The summed E-state index contributed by atoms with van der Waals surface area (Å²) < 4.78 is 0. The van der Waals surface area contributed by atoms with Crippen molar-refractivity contribution in [3.8, 4) is 6.07 Å². The number of likely N-dealkylation sites (tertiary alicyclic amines) is 1. The number of nitrogens with zero attached hydrogens (tertiary/aromatic N) is 2. The zero-order chi connectivity index (χ0) is 17.7. The summed E-state index contributed by atoms with van der Waals surface area (Å²) in [5, 5.41) is 13.0. The van der Waals surface area contributed by atoms with Crippen LogP contribution in [0.2, 0.25) is 10.0 Å². The van der Waals surface area contributed by atoms with E-state index in [4.69, 9.17) is 28.9 Å². The third-order valence-corrected chi connectivity index (χ3v) is 4.75. The molecule has 1 heterocycles. The number of carbonyl (C=O) groups is 2. The van der Waals surface area contributed by atoms with E-state index in [-0.39, 0.29) is 5.91 Å². The zero-order valence-corrected chi connectivity index (χ0v) is 14.4. The number of amides is 3. The molecule has 6 nitrogen and oxygen atoms in total. The summed E-state index contributed by atoms with van der Waals surface area (Å²) in [5.41, 5.74) is 5.09. The van der Waals surface area contributed by atoms with Gasteiger partial charge in [0.2, 0.25) is 5.91 Å². The van der Waals surface area contributed by atoms with Crippen molar-refractivity contribution in [2.75, 3.05) is 13.1 Å². The number of carbonyl (C=O) groups excluding carboxylic acids is 2. The van der Waals surface area contributed by atoms with Crippen LogP contribution < -0.4 is 11.1 Å². The van der Waals surface area contributed by atoms with E-state index in [1.807, 2.05) is 0 Å². The Kier molecular flexibility index (Phi) is 5.92. The van der Waals surface area contributed by atoms with Crippen molar-refractivity contribution < 1.29 is 9.59 Å². The van der Waals surface area contributed by atoms with Crippen LogP contribution in [0.15, 0.2) is 18.2 Å². The second kappa shape index (κ2) is 7.73. The highest BCUT2D eigenvalue weighted by Gasteiger charge is 2.36. The predicted molar refractivity (Wildman–Crippen MR) is 91.3 cm³/mol. The molecule has 0 aliphatic carbocycles. The van der Waals surface area contributed by atoms with Crippen LogP contribution >= 0.6 is 23.2 Å². The molecule has 3 N–H and O–H groups in total. The van der Waals surface area contributed by atoms with E-state index >= 15 is 0 Å². The Hall–Kier alpha value is -1.97. The number of piperidine rings is 1. The molecule has 127 valence electrons. The molecular weight excluding hydrogens is 351 g/mol. The molecule has 8 heteroatoms. The molecule has 0 spiro atoms. The van der Waals surface area contributed by atoms with E-state index in [1.165, 1.54) is 11.3 Å². The average molecular weight is 368 g/mol. The molecule has 1 aliphatic heterocycles. The molecule has 1 aromatic rings. The van der Waals surface area contributed by atoms with E-state index in [9.17, 15) is 14.9 Å². The standard InChI is InChI=1S/C16H17Cl2N4O2/c17-12-3-1-11(9-13(12)18)2-4-14(23)21-16(10-19)5-7-22(8-6-16)15(20)24/h1,3-4,9H,2,5-8H2,(H2,20,24)(H,21,23). The Balaban J connectivity index is 1.89. The van der Waals surface area contributed by atoms with Crippen LogP contribution in [0.1, 0.15) is 18.4 Å². The average Bonchev–Trinajstić information content (AvgIpc) is 2.56. The van der Waals surface area contributed by atoms with Crippen molar-refractivity contribution in [3.63, 3.8) is 0 Å². The molecule has 2 rings (SSSR count). The molecule has 0 bridgehead atoms. The van der Waals surface area contributed by atoms with Crippen molar-refractivity contribution in [2.45, 2.75) is 24.8 Å². The number of rotatable bonds is 4. The van der Waals surface area contributed by atoms with Gasteiger partial charge in [0.1, 0.15) is 5.54 Å². The lowest BCUT2D eigenvalue weighted by molar-refractivity contribution is -0.119. The lowest BCUT2D eigenvalue weighted by atomic mass is 9.88. The molecule has 1 radical (unpaired) electrons. The summed E-state index contributed by atoms with van der Waals surface area (Å²) in [7, 11) is 0. The summed E-state index contributed by atoms with van der Waals surface area (Å²) >= 11 is 11.8. The van der Waals surface area contributed by atoms with Crippen molar-refractivity contribution >= 4 is 35.1 Å². The highest BCUT2D eigenvalue weighted by molar-refractivity contribution is 6.42. The first-order valence-corrected chi connectivity index (χ1v) is 8.16. The summed E-state index contributed by atoms with van der Waals surface area (Å²) in [6.45, 7) is 0.686. The predicted octanol–water partition coefficient (Wildman–Crippen LogP) is 2.29. The number of halogens is 2. The van der Waals surface area contributed by atoms with Crippen molar-refractivity contribution in [3.05, 3.63) is 40.2 Å². The fourth-order valence-electron chi connectivity index (χ4n) is 2.54. The number of primary amides is 1. The third kappa shape index (κ3) is 4.53. The third-order valence-electron chi connectivity index (χ3n) is 4.01. The first-order valence-electron chi connectivity index (χ1n) is 7.40. The van der Waals surface area contributed by atoms with Gasteiger partial charge in [0.15, 0.2) is 0 Å². The SMILES string of the molecule is N#CC1(NC(=O)[CH]Cc2ccc(Cl)c(Cl)c2)CCN(C(N)=O)CC1. The van der Waals surface area contributed by atoms with Gasteiger partial charge in [-0.1, -0.05) is 29.3 Å². The van der Waals surface area contributed by atoms with E-state index in [1.54, 1.807) is 18.2 Å². The minimum absolute atomic E-state index is 0.338. The lowest BCUT2D eigenvalue weighted by Crippen LogP contribution is -2.56. The van der Waals surface area contributed by atoms with E-state index in [2.05, 4.69) is 11.4 Å². The molecule has 1 aliphatic rings. The van der Waals surface area contributed by atoms with Crippen molar-refractivity contribution in [1.29, 1.82) is 5.26 Å². The zero-order valence-electron chi connectivity index (χ0n) is 12.9. The summed E-state index contributed by atoms with van der Waals surface area (Å²) in [6.07, 6.45) is 2.52. The fraction of sp³-hybridized carbons (Fsp3) is 0.375. The van der Waals surface area contributed by atoms with E-state index < -0.39 is 11.6 Å². The number of nitrogens with two attached hydrogens (primary N) is 1. The normalized spacial score (nSPS) is 16.3. The molecule has 1 saturated heterocycles. The lowest BCUT2D eigenvalue weighted by Gasteiger charge is -2.36. The smallest absolute Gasteiger partial charge is 0.314 e. The van der Waals surface area contributed by atoms with Gasteiger partial charge in [0.25, 0.3) is 0 Å². The Bertz CT molecular complexity index is 679. The molecule has 0 unspecified atom stereocenters. The maximum Gasteiger partial charge on any atom is 0.314 e. The van der Waals surface area contributed by atoms with Crippen LogP contribution in [-0.4, -0.2) is 35.5 Å². The molecule has 3 amide bonds. The molecule has 24 heavy (non-hydrogen) atoms. The first-order chi connectivity index (χ1) is 11.3. The molecule has 0 saturated carbocycles. The number of benzene rings is 1. The molecule has 0 atom stereocenters. The van der Waals surface area contributed by atoms with Gasteiger partial charge in [-0.3, -0.25) is 4.79 Å². The van der Waals surface area contributed by atoms with Gasteiger partial charge in [0, 0.05) is 25.9 Å². The largest absolute Gasteiger partial charge is 0.351 e. The Morgan fingerprint density at radius 2 is 2.00 bits per heavy atom. The molecule has 0 aromatic heterocycles. The monoisotopic (exact) mass is 367 g/mol. The van der Waals surface area contributed by atoms with Gasteiger partial charge >= 0.3 is 6.03 Å². The maximum atomic E-state index is 12.1. The van der Waals surface area contributed by atoms with Crippen LogP contribution in [0, 0.1) is 17.8 Å². The number of hydrogen-bond donors (Lipinski definition) is 2. The van der Waals surface area contributed by atoms with Crippen LogP contribution in [0.3, 0.4) is 0 Å². The topological polar surface area (TPSA) is 99.2 Å². The molecule has 1 fully saturated rings. The molecular formula is C16H17Cl2N4O2. The highest BCUT2D eigenvalue weighted by Crippen LogP contribution is 2.24. The highest BCUT2D eigenvalue weighted by atomic mass is 35.5. The Labute approximate surface area is 150 Å². The number of urea groups is 1. The first kappa shape index (κ1) is 18.4. The molecule has 1 aromatic carbocycles. The van der Waals surface area contributed by atoms with E-state index in [0.717, 1.165) is 5.56 Å². The number of nitrogens with one attached hydrogen (secondary N) is 1. The quantitative estimate of drug-likeness (QED) is 0.853. The van der Waals surface area contributed by atoms with Gasteiger partial charge in [0.05, 0.1) is 22.5 Å². The summed E-state index contributed by atoms with van der Waals surface area (Å²) in [6, 6.07) is 6.78. The van der Waals surface area contributed by atoms with Crippen LogP contribution in [-0.2, 0) is 11.2 Å². The van der Waals surface area contributed by atoms with Crippen LogP contribution in [0.4, 0.5) is 4.79 Å². The number of nitriles is 1. The van der Waals surface area contributed by atoms with Crippen LogP contribution in [0.5, 0.6) is 0 Å². The maximum absolute atomic E-state index is 12.1. The van der Waals surface area contributed by atoms with Gasteiger partial charge in [-0.05, 0) is 24.1 Å². The summed E-state index contributed by atoms with van der Waals surface area (Å²) in [4.78, 5) is 24.7. The van der Waals surface area contributed by atoms with Crippen molar-refractivity contribution in [2.24, 2.45) is 5.73 Å². The van der Waals surface area contributed by atoms with Crippen LogP contribution in [0.25, 0.3) is 0 Å². The summed E-state index contributed by atoms with van der Waals surface area (Å²) in [5.74, 6) is -0.338. The minimum atomic E-state index is -0.975. The Morgan fingerprint density at radius 1 is 1.33 bits per heavy atom. The van der Waals surface area contributed by atoms with Gasteiger partial charge < -0.3 is 16.0 Å². The van der Waals surface area contributed by atoms with Gasteiger partial charge in [-0.25, -0.2) is 4.79 Å². The Morgan fingerprint density at radius 3 is 2.54 bits per heavy atom. The van der Waals surface area contributed by atoms with Gasteiger partial charge in [-0.15, -0.1) is 0 Å². The minimum Gasteiger partial charge on any atom is -0.351 e.